The molecule has 0 aliphatic heterocycles. The largest absolute Gasteiger partial charge is 0.506 e. The molecule has 22 heavy (non-hydrogen) atoms. The third kappa shape index (κ3) is 2.71. The standard InChI is InChI=1S/C15H9ClN2O2S2/c16-10-4-2-1-3-8(10)7-21-15-9(6-17)13-14(22-15)11(19)5-12(20)18-13/h1-5H,7H2,(H2,18,19,20). The van der Waals surface area contributed by atoms with E-state index in [4.69, 9.17) is 11.6 Å². The van der Waals surface area contributed by atoms with Crippen molar-refractivity contribution in [1.29, 1.82) is 5.26 Å². The molecular formula is C15H9ClN2O2S2. The SMILES string of the molecule is N#Cc1c(SCc2ccccc2Cl)sc2c(O)cc(=O)[nH]c12. The number of aromatic hydroxyl groups is 1. The first-order valence-corrected chi connectivity index (χ1v) is 8.43. The van der Waals surface area contributed by atoms with Gasteiger partial charge in [0.2, 0.25) is 0 Å². The van der Waals surface area contributed by atoms with Crippen molar-refractivity contribution in [3.8, 4) is 11.8 Å². The molecule has 0 saturated carbocycles. The summed E-state index contributed by atoms with van der Waals surface area (Å²) in [5.74, 6) is 0.497. The summed E-state index contributed by atoms with van der Waals surface area (Å²) in [5.41, 5.74) is 1.30. The number of nitriles is 1. The highest BCUT2D eigenvalue weighted by atomic mass is 35.5. The van der Waals surface area contributed by atoms with Crippen molar-refractivity contribution in [2.75, 3.05) is 0 Å². The number of thioether (sulfide) groups is 1. The summed E-state index contributed by atoms with van der Waals surface area (Å²) < 4.78 is 1.26. The Hall–Kier alpha value is -1.94. The van der Waals surface area contributed by atoms with Gasteiger partial charge in [-0.15, -0.1) is 23.1 Å². The van der Waals surface area contributed by atoms with Gasteiger partial charge in [0.05, 0.1) is 14.4 Å². The summed E-state index contributed by atoms with van der Waals surface area (Å²) in [4.78, 5) is 14.1. The Bertz CT molecular complexity index is 956. The highest BCUT2D eigenvalue weighted by molar-refractivity contribution is 8.00. The number of hydrogen-bond donors (Lipinski definition) is 2. The summed E-state index contributed by atoms with van der Waals surface area (Å²) in [6.45, 7) is 0. The van der Waals surface area contributed by atoms with Crippen LogP contribution in [0.3, 0.4) is 0 Å². The molecule has 0 unspecified atom stereocenters. The van der Waals surface area contributed by atoms with Crippen LogP contribution in [-0.2, 0) is 5.75 Å². The summed E-state index contributed by atoms with van der Waals surface area (Å²) >= 11 is 8.87. The van der Waals surface area contributed by atoms with Crippen molar-refractivity contribution in [2.45, 2.75) is 9.96 Å². The van der Waals surface area contributed by atoms with Crippen LogP contribution >= 0.6 is 34.7 Å². The van der Waals surface area contributed by atoms with E-state index < -0.39 is 5.56 Å². The third-order valence-electron chi connectivity index (χ3n) is 3.05. The van der Waals surface area contributed by atoms with Crippen LogP contribution in [0.2, 0.25) is 5.02 Å². The fraction of sp³-hybridized carbons (Fsp3) is 0.0667. The quantitative estimate of drug-likeness (QED) is 0.698. The second-order valence-electron chi connectivity index (χ2n) is 4.48. The lowest BCUT2D eigenvalue weighted by molar-refractivity contribution is 0.481. The zero-order valence-corrected chi connectivity index (χ0v) is 13.5. The Labute approximate surface area is 139 Å². The minimum absolute atomic E-state index is 0.107. The number of thiophene rings is 1. The van der Waals surface area contributed by atoms with Crippen LogP contribution in [-0.4, -0.2) is 10.1 Å². The van der Waals surface area contributed by atoms with Gasteiger partial charge in [-0.05, 0) is 11.6 Å². The number of hydrogen-bond acceptors (Lipinski definition) is 5. The van der Waals surface area contributed by atoms with Gasteiger partial charge in [-0.2, -0.15) is 5.26 Å². The highest BCUT2D eigenvalue weighted by Gasteiger charge is 2.16. The molecule has 3 aromatic rings. The van der Waals surface area contributed by atoms with Gasteiger partial charge >= 0.3 is 0 Å². The number of fused-ring (bicyclic) bond motifs is 1. The van der Waals surface area contributed by atoms with Crippen LogP contribution in [0.1, 0.15) is 11.1 Å². The lowest BCUT2D eigenvalue weighted by Crippen LogP contribution is -2.02. The Morgan fingerprint density at radius 3 is 2.91 bits per heavy atom. The van der Waals surface area contributed by atoms with Gasteiger partial charge in [-0.3, -0.25) is 4.79 Å². The maximum atomic E-state index is 11.5. The number of nitrogens with one attached hydrogen (secondary N) is 1. The maximum absolute atomic E-state index is 11.5. The highest BCUT2D eigenvalue weighted by Crippen LogP contribution is 2.41. The molecule has 1 aromatic carbocycles. The molecule has 2 heterocycles. The van der Waals surface area contributed by atoms with Crippen molar-refractivity contribution in [3.63, 3.8) is 0 Å². The van der Waals surface area contributed by atoms with E-state index in [1.54, 1.807) is 0 Å². The molecule has 4 nitrogen and oxygen atoms in total. The number of nitrogens with zero attached hydrogens (tertiary/aromatic N) is 1. The Balaban J connectivity index is 2.01. The smallest absolute Gasteiger partial charge is 0.252 e. The first kappa shape index (κ1) is 15.0. The molecular weight excluding hydrogens is 340 g/mol. The number of aromatic amines is 1. The minimum Gasteiger partial charge on any atom is -0.506 e. The van der Waals surface area contributed by atoms with E-state index in [0.29, 0.717) is 26.6 Å². The molecule has 2 aromatic heterocycles. The normalized spacial score (nSPS) is 10.7. The topological polar surface area (TPSA) is 76.9 Å². The molecule has 0 aliphatic rings. The van der Waals surface area contributed by atoms with E-state index in [1.165, 1.54) is 23.1 Å². The van der Waals surface area contributed by atoms with Crippen LogP contribution < -0.4 is 5.56 Å². The lowest BCUT2D eigenvalue weighted by atomic mass is 10.2. The van der Waals surface area contributed by atoms with Gasteiger partial charge in [-0.1, -0.05) is 29.8 Å². The molecule has 7 heteroatoms. The van der Waals surface area contributed by atoms with Crippen LogP contribution in [0.4, 0.5) is 0 Å². The minimum atomic E-state index is -0.429. The van der Waals surface area contributed by atoms with E-state index in [-0.39, 0.29) is 5.75 Å². The van der Waals surface area contributed by atoms with Crippen molar-refractivity contribution in [2.24, 2.45) is 0 Å². The summed E-state index contributed by atoms with van der Waals surface area (Å²) in [6.07, 6.45) is 0. The fourth-order valence-corrected chi connectivity index (χ4v) is 4.65. The zero-order chi connectivity index (χ0) is 15.7. The molecule has 0 saturated heterocycles. The van der Waals surface area contributed by atoms with Crippen molar-refractivity contribution >= 4 is 44.9 Å². The Morgan fingerprint density at radius 1 is 1.41 bits per heavy atom. The van der Waals surface area contributed by atoms with E-state index in [0.717, 1.165) is 15.8 Å². The predicted molar refractivity (Wildman–Crippen MR) is 89.8 cm³/mol. The molecule has 2 N–H and O–H groups in total. The second-order valence-corrected chi connectivity index (χ2v) is 7.15. The summed E-state index contributed by atoms with van der Waals surface area (Å²) in [7, 11) is 0. The maximum Gasteiger partial charge on any atom is 0.252 e. The van der Waals surface area contributed by atoms with Gasteiger partial charge in [-0.25, -0.2) is 0 Å². The summed E-state index contributed by atoms with van der Waals surface area (Å²) in [6, 6.07) is 10.7. The number of pyridine rings is 1. The molecule has 0 atom stereocenters. The van der Waals surface area contributed by atoms with Crippen molar-refractivity contribution in [1.82, 2.24) is 4.98 Å². The third-order valence-corrected chi connectivity index (χ3v) is 5.95. The number of H-pyrrole nitrogens is 1. The Morgan fingerprint density at radius 2 is 2.18 bits per heavy atom. The molecule has 0 aliphatic carbocycles. The zero-order valence-electron chi connectivity index (χ0n) is 11.1. The van der Waals surface area contributed by atoms with E-state index in [9.17, 15) is 15.2 Å². The average Bonchev–Trinajstić information content (AvgIpc) is 2.84. The van der Waals surface area contributed by atoms with E-state index in [2.05, 4.69) is 11.1 Å². The van der Waals surface area contributed by atoms with Crippen LogP contribution in [0.25, 0.3) is 10.2 Å². The van der Waals surface area contributed by atoms with Gasteiger partial charge in [0.15, 0.2) is 0 Å². The van der Waals surface area contributed by atoms with Gasteiger partial charge in [0.1, 0.15) is 17.4 Å². The number of halogens is 1. The van der Waals surface area contributed by atoms with Crippen LogP contribution in [0, 0.1) is 11.3 Å². The second kappa shape index (κ2) is 6.05. The van der Waals surface area contributed by atoms with E-state index in [1.807, 2.05) is 24.3 Å². The van der Waals surface area contributed by atoms with Gasteiger partial charge in [0, 0.05) is 16.8 Å². The molecule has 0 radical (unpaired) electrons. The Kier molecular flexibility index (Phi) is 4.12. The predicted octanol–water partition coefficient (Wildman–Crippen LogP) is 4.11. The molecule has 0 bridgehead atoms. The van der Waals surface area contributed by atoms with Gasteiger partial charge in [0.25, 0.3) is 5.56 Å². The fourth-order valence-electron chi connectivity index (χ4n) is 2.02. The number of benzene rings is 1. The van der Waals surface area contributed by atoms with Crippen LogP contribution in [0.15, 0.2) is 39.3 Å². The van der Waals surface area contributed by atoms with Crippen LogP contribution in [0.5, 0.6) is 5.75 Å². The molecule has 0 amide bonds. The summed E-state index contributed by atoms with van der Waals surface area (Å²) in [5, 5.41) is 19.9. The average molecular weight is 349 g/mol. The van der Waals surface area contributed by atoms with E-state index >= 15 is 0 Å². The molecule has 0 spiro atoms. The molecule has 110 valence electrons. The lowest BCUT2D eigenvalue weighted by Gasteiger charge is -2.02. The first-order valence-electron chi connectivity index (χ1n) is 6.25. The first-order chi connectivity index (χ1) is 10.6. The van der Waals surface area contributed by atoms with Crippen molar-refractivity contribution < 1.29 is 5.11 Å². The monoisotopic (exact) mass is 348 g/mol. The number of aromatic nitrogens is 1. The molecule has 3 rings (SSSR count). The number of rotatable bonds is 3. The molecule has 0 fully saturated rings. The van der Waals surface area contributed by atoms with Crippen molar-refractivity contribution in [3.05, 3.63) is 56.8 Å². The van der Waals surface area contributed by atoms with Gasteiger partial charge < -0.3 is 10.1 Å².